The van der Waals surface area contributed by atoms with Gasteiger partial charge in [0.25, 0.3) is 0 Å². The molecule has 0 radical (unpaired) electrons. The minimum absolute atomic E-state index is 0.737. The van der Waals surface area contributed by atoms with E-state index in [1.165, 1.54) is 0 Å². The topological polar surface area (TPSA) is 55.1 Å². The van der Waals surface area contributed by atoms with Crippen LogP contribution < -0.4 is 5.32 Å². The predicted molar refractivity (Wildman–Crippen MR) is 74.9 cm³/mol. The van der Waals surface area contributed by atoms with Crippen molar-refractivity contribution < 1.29 is 0 Å². The van der Waals surface area contributed by atoms with E-state index in [0.717, 1.165) is 29.1 Å². The molecule has 19 heavy (non-hydrogen) atoms. The monoisotopic (exact) mass is 251 g/mol. The lowest BCUT2D eigenvalue weighted by molar-refractivity contribution is 0.932. The van der Waals surface area contributed by atoms with E-state index in [9.17, 15) is 0 Å². The molecule has 0 atom stereocenters. The summed E-state index contributed by atoms with van der Waals surface area (Å²) >= 11 is 0. The number of nitrogens with zero attached hydrogens (tertiary/aromatic N) is 4. The molecule has 94 valence electrons. The van der Waals surface area contributed by atoms with E-state index >= 15 is 0 Å². The van der Waals surface area contributed by atoms with Gasteiger partial charge in [0.2, 0.25) is 0 Å². The number of benzene rings is 1. The molecule has 0 spiro atoms. The summed E-state index contributed by atoms with van der Waals surface area (Å²) in [5, 5.41) is 15.5. The number of hydrogen-bond donors (Lipinski definition) is 1. The maximum atomic E-state index is 4.47. The van der Waals surface area contributed by atoms with E-state index in [0.29, 0.717) is 0 Å². The van der Waals surface area contributed by atoms with Crippen molar-refractivity contribution in [2.75, 3.05) is 11.9 Å². The minimum atomic E-state index is 0.737. The van der Waals surface area contributed by atoms with Gasteiger partial charge in [-0.1, -0.05) is 18.2 Å². The third-order valence-electron chi connectivity index (χ3n) is 2.77. The number of hydrogen-bond acceptors (Lipinski definition) is 4. The van der Waals surface area contributed by atoms with Crippen LogP contribution in [0.3, 0.4) is 0 Å². The largest absolute Gasteiger partial charge is 0.382 e. The molecule has 3 aromatic rings. The third-order valence-corrected chi connectivity index (χ3v) is 2.77. The second kappa shape index (κ2) is 4.89. The van der Waals surface area contributed by atoms with Crippen molar-refractivity contribution in [1.82, 2.24) is 19.8 Å². The zero-order chi connectivity index (χ0) is 13.1. The van der Waals surface area contributed by atoms with Crippen LogP contribution in [0.1, 0.15) is 0 Å². The maximum absolute atomic E-state index is 4.47. The fraction of sp³-hybridized carbons (Fsp3) is 0.0714. The van der Waals surface area contributed by atoms with Crippen molar-refractivity contribution in [1.29, 1.82) is 0 Å². The highest BCUT2D eigenvalue weighted by Gasteiger charge is 2.03. The molecule has 0 saturated heterocycles. The Labute approximate surface area is 110 Å². The van der Waals surface area contributed by atoms with Crippen LogP contribution in [0.25, 0.3) is 16.9 Å². The molecule has 3 rings (SSSR count). The van der Waals surface area contributed by atoms with E-state index in [1.54, 1.807) is 10.8 Å². The average molecular weight is 251 g/mol. The summed E-state index contributed by atoms with van der Waals surface area (Å²) in [4.78, 5) is 0. The summed E-state index contributed by atoms with van der Waals surface area (Å²) in [6.45, 7) is 4.43. The van der Waals surface area contributed by atoms with E-state index in [1.807, 2.05) is 36.4 Å². The number of nitrogens with one attached hydrogen (secondary N) is 1. The second-order valence-electron chi connectivity index (χ2n) is 4.10. The van der Waals surface area contributed by atoms with Crippen molar-refractivity contribution in [3.05, 3.63) is 55.4 Å². The van der Waals surface area contributed by atoms with Crippen LogP contribution >= 0.6 is 0 Å². The molecule has 0 aliphatic rings. The van der Waals surface area contributed by atoms with Crippen molar-refractivity contribution in [3.63, 3.8) is 0 Å². The van der Waals surface area contributed by atoms with Gasteiger partial charge in [-0.25, -0.2) is 0 Å². The first kappa shape index (κ1) is 11.4. The normalized spacial score (nSPS) is 10.5. The van der Waals surface area contributed by atoms with Crippen LogP contribution in [-0.4, -0.2) is 26.4 Å². The Morgan fingerprint density at radius 2 is 2.21 bits per heavy atom. The van der Waals surface area contributed by atoms with Crippen LogP contribution in [0.2, 0.25) is 0 Å². The Morgan fingerprint density at radius 3 is 3.11 bits per heavy atom. The Hall–Kier alpha value is -2.69. The molecular formula is C14H13N5. The van der Waals surface area contributed by atoms with Gasteiger partial charge in [0.05, 0.1) is 5.69 Å². The molecule has 0 bridgehead atoms. The first-order valence-corrected chi connectivity index (χ1v) is 5.99. The lowest BCUT2D eigenvalue weighted by Gasteiger charge is -2.06. The zero-order valence-corrected chi connectivity index (χ0v) is 10.3. The zero-order valence-electron chi connectivity index (χ0n) is 10.3. The van der Waals surface area contributed by atoms with Gasteiger partial charge in [0.1, 0.15) is 6.33 Å². The first-order chi connectivity index (χ1) is 9.36. The van der Waals surface area contributed by atoms with Gasteiger partial charge in [0.15, 0.2) is 5.65 Å². The van der Waals surface area contributed by atoms with Crippen LogP contribution in [0.5, 0.6) is 0 Å². The Balaban J connectivity index is 1.97. The lowest BCUT2D eigenvalue weighted by Crippen LogP contribution is -1.98. The summed E-state index contributed by atoms with van der Waals surface area (Å²) < 4.78 is 1.67. The first-order valence-electron chi connectivity index (χ1n) is 5.99. The van der Waals surface area contributed by atoms with E-state index in [2.05, 4.69) is 33.3 Å². The van der Waals surface area contributed by atoms with Crippen molar-refractivity contribution in [2.45, 2.75) is 0 Å². The molecule has 0 unspecified atom stereocenters. The molecule has 1 N–H and O–H groups in total. The smallest absolute Gasteiger partial charge is 0.177 e. The fourth-order valence-electron chi connectivity index (χ4n) is 1.86. The van der Waals surface area contributed by atoms with E-state index in [-0.39, 0.29) is 0 Å². The number of fused-ring (bicyclic) bond motifs is 1. The molecule has 1 aromatic carbocycles. The standard InChI is InChI=1S/C14H13N5/c1-2-8-15-12-5-3-4-11(9-12)13-6-7-14-17-16-10-19(14)18-13/h2-7,9-10,15H,1,8H2. The summed E-state index contributed by atoms with van der Waals surface area (Å²) in [7, 11) is 0. The molecule has 0 fully saturated rings. The lowest BCUT2D eigenvalue weighted by atomic mass is 10.1. The maximum Gasteiger partial charge on any atom is 0.177 e. The molecule has 5 heteroatoms. The Bertz CT molecular complexity index is 716. The van der Waals surface area contributed by atoms with E-state index < -0.39 is 0 Å². The predicted octanol–water partition coefficient (Wildman–Crippen LogP) is 2.39. The van der Waals surface area contributed by atoms with Crippen LogP contribution in [-0.2, 0) is 0 Å². The highest BCUT2D eigenvalue weighted by atomic mass is 15.3. The van der Waals surface area contributed by atoms with Crippen LogP contribution in [0.15, 0.2) is 55.4 Å². The molecule has 0 saturated carbocycles. The van der Waals surface area contributed by atoms with Gasteiger partial charge in [0, 0.05) is 17.8 Å². The van der Waals surface area contributed by atoms with E-state index in [4.69, 9.17) is 0 Å². The molecule has 0 aliphatic carbocycles. The minimum Gasteiger partial charge on any atom is -0.382 e. The fourth-order valence-corrected chi connectivity index (χ4v) is 1.86. The number of rotatable bonds is 4. The van der Waals surface area contributed by atoms with Crippen LogP contribution in [0.4, 0.5) is 5.69 Å². The summed E-state index contributed by atoms with van der Waals surface area (Å²) in [6, 6.07) is 11.9. The van der Waals surface area contributed by atoms with Gasteiger partial charge >= 0.3 is 0 Å². The molecule has 2 aromatic heterocycles. The van der Waals surface area contributed by atoms with Gasteiger partial charge in [-0.3, -0.25) is 0 Å². The molecular weight excluding hydrogens is 238 g/mol. The molecule has 0 amide bonds. The molecule has 5 nitrogen and oxygen atoms in total. The van der Waals surface area contributed by atoms with Crippen molar-refractivity contribution in [3.8, 4) is 11.3 Å². The average Bonchev–Trinajstić information content (AvgIpc) is 2.92. The SMILES string of the molecule is C=CCNc1cccc(-c2ccc3nncn3n2)c1. The molecule has 0 aliphatic heterocycles. The Kier molecular flexibility index (Phi) is 2.94. The molecule has 2 heterocycles. The van der Waals surface area contributed by atoms with Crippen molar-refractivity contribution >= 4 is 11.3 Å². The van der Waals surface area contributed by atoms with Crippen molar-refractivity contribution in [2.24, 2.45) is 0 Å². The summed E-state index contributed by atoms with van der Waals surface area (Å²) in [6.07, 6.45) is 3.42. The van der Waals surface area contributed by atoms with Gasteiger partial charge in [-0.05, 0) is 24.3 Å². The number of anilines is 1. The number of aromatic nitrogens is 4. The quantitative estimate of drug-likeness (QED) is 0.723. The summed E-state index contributed by atoms with van der Waals surface area (Å²) in [5.74, 6) is 0. The van der Waals surface area contributed by atoms with Gasteiger partial charge in [-0.15, -0.1) is 16.8 Å². The van der Waals surface area contributed by atoms with Gasteiger partial charge < -0.3 is 5.32 Å². The highest BCUT2D eigenvalue weighted by molar-refractivity contribution is 5.65. The highest BCUT2D eigenvalue weighted by Crippen LogP contribution is 2.20. The Morgan fingerprint density at radius 1 is 1.26 bits per heavy atom. The van der Waals surface area contributed by atoms with Gasteiger partial charge in [-0.2, -0.15) is 9.61 Å². The summed E-state index contributed by atoms with van der Waals surface area (Å²) in [5.41, 5.74) is 3.71. The third kappa shape index (κ3) is 2.30. The second-order valence-corrected chi connectivity index (χ2v) is 4.10. The van der Waals surface area contributed by atoms with Crippen LogP contribution in [0, 0.1) is 0 Å².